The lowest BCUT2D eigenvalue weighted by Crippen LogP contribution is -2.37. The molecule has 5 heteroatoms. The van der Waals surface area contributed by atoms with Crippen LogP contribution in [0.1, 0.15) is 18.4 Å². The molecule has 4 nitrogen and oxygen atoms in total. The van der Waals surface area contributed by atoms with Crippen molar-refractivity contribution in [2.75, 3.05) is 19.7 Å². The van der Waals surface area contributed by atoms with Gasteiger partial charge in [0.1, 0.15) is 6.61 Å². The predicted molar refractivity (Wildman–Crippen MR) is 76.0 cm³/mol. The molecule has 1 aliphatic rings. The van der Waals surface area contributed by atoms with Crippen molar-refractivity contribution < 1.29 is 14.6 Å². The lowest BCUT2D eigenvalue weighted by molar-refractivity contribution is -0.145. The molecule has 2 rings (SSSR count). The monoisotopic (exact) mass is 327 g/mol. The van der Waals surface area contributed by atoms with E-state index in [9.17, 15) is 4.79 Å². The van der Waals surface area contributed by atoms with Gasteiger partial charge in [-0.15, -0.1) is 0 Å². The summed E-state index contributed by atoms with van der Waals surface area (Å²) < 4.78 is 6.42. The molecule has 0 saturated carbocycles. The average molecular weight is 328 g/mol. The number of halogens is 1. The zero-order chi connectivity index (χ0) is 13.7. The molecule has 104 valence electrons. The van der Waals surface area contributed by atoms with Gasteiger partial charge in [-0.05, 0) is 30.5 Å². The first-order chi connectivity index (χ1) is 9.13. The normalized spacial score (nSPS) is 17.5. The number of carboxylic acid groups (broad SMARTS) is 1. The van der Waals surface area contributed by atoms with E-state index in [2.05, 4.69) is 45.1 Å². The highest BCUT2D eigenvalue weighted by atomic mass is 79.9. The molecule has 1 fully saturated rings. The van der Waals surface area contributed by atoms with Crippen molar-refractivity contribution in [2.24, 2.45) is 0 Å². The summed E-state index contributed by atoms with van der Waals surface area (Å²) >= 11 is 3.43. The minimum absolute atomic E-state index is 0.0947. The third kappa shape index (κ3) is 4.93. The Labute approximate surface area is 121 Å². The number of ether oxygens (including phenoxy) is 1. The Morgan fingerprint density at radius 1 is 1.32 bits per heavy atom. The largest absolute Gasteiger partial charge is 0.480 e. The van der Waals surface area contributed by atoms with Crippen LogP contribution < -0.4 is 0 Å². The summed E-state index contributed by atoms with van der Waals surface area (Å²) in [6, 6.07) is 8.35. The van der Waals surface area contributed by atoms with Crippen LogP contribution in [0.25, 0.3) is 0 Å². The van der Waals surface area contributed by atoms with E-state index in [4.69, 9.17) is 9.84 Å². The van der Waals surface area contributed by atoms with Gasteiger partial charge in [0.25, 0.3) is 0 Å². The van der Waals surface area contributed by atoms with Crippen molar-refractivity contribution >= 4 is 21.9 Å². The summed E-state index contributed by atoms with van der Waals surface area (Å²) in [4.78, 5) is 12.8. The van der Waals surface area contributed by atoms with Crippen LogP contribution in [-0.4, -0.2) is 41.8 Å². The number of likely N-dealkylation sites (tertiary alicyclic amines) is 1. The Balaban J connectivity index is 1.74. The second-order valence-corrected chi connectivity index (χ2v) is 5.72. The van der Waals surface area contributed by atoms with Crippen molar-refractivity contribution in [3.63, 3.8) is 0 Å². The van der Waals surface area contributed by atoms with Gasteiger partial charge in [0.05, 0.1) is 6.10 Å². The molecule has 1 saturated heterocycles. The molecule has 1 aliphatic heterocycles. The molecule has 0 amide bonds. The van der Waals surface area contributed by atoms with Crippen molar-refractivity contribution in [2.45, 2.75) is 25.5 Å². The Kier molecular flexibility index (Phi) is 5.36. The number of hydrogen-bond acceptors (Lipinski definition) is 3. The summed E-state index contributed by atoms with van der Waals surface area (Å²) in [6.45, 7) is 2.68. The summed E-state index contributed by atoms with van der Waals surface area (Å²) in [5.41, 5.74) is 1.30. The van der Waals surface area contributed by atoms with Gasteiger partial charge in [0, 0.05) is 24.1 Å². The Hall–Kier alpha value is -0.910. The third-order valence-corrected chi connectivity index (χ3v) is 3.83. The SMILES string of the molecule is O=C(O)COC1CCN(Cc2ccc(Br)cc2)CC1. The van der Waals surface area contributed by atoms with Gasteiger partial charge in [-0.25, -0.2) is 4.79 Å². The molecule has 1 aromatic rings. The molecule has 1 aromatic carbocycles. The molecule has 0 spiro atoms. The zero-order valence-electron chi connectivity index (χ0n) is 10.7. The predicted octanol–water partition coefficient (Wildman–Crippen LogP) is 2.51. The highest BCUT2D eigenvalue weighted by Crippen LogP contribution is 2.17. The molecule has 0 aliphatic carbocycles. The number of aliphatic carboxylic acids is 1. The molecule has 1 heterocycles. The van der Waals surface area contributed by atoms with Gasteiger partial charge < -0.3 is 9.84 Å². The van der Waals surface area contributed by atoms with Crippen LogP contribution >= 0.6 is 15.9 Å². The van der Waals surface area contributed by atoms with E-state index in [1.165, 1.54) is 5.56 Å². The highest BCUT2D eigenvalue weighted by molar-refractivity contribution is 9.10. The van der Waals surface area contributed by atoms with Crippen LogP contribution in [0.2, 0.25) is 0 Å². The van der Waals surface area contributed by atoms with E-state index in [-0.39, 0.29) is 12.7 Å². The fraction of sp³-hybridized carbons (Fsp3) is 0.500. The smallest absolute Gasteiger partial charge is 0.329 e. The Morgan fingerprint density at radius 3 is 2.53 bits per heavy atom. The van der Waals surface area contributed by atoms with E-state index in [1.807, 2.05) is 0 Å². The van der Waals surface area contributed by atoms with E-state index in [0.717, 1.165) is 36.9 Å². The minimum Gasteiger partial charge on any atom is -0.480 e. The molecule has 0 unspecified atom stereocenters. The number of carbonyl (C=O) groups is 1. The van der Waals surface area contributed by atoms with E-state index < -0.39 is 5.97 Å². The number of carboxylic acids is 1. The van der Waals surface area contributed by atoms with E-state index in [0.29, 0.717) is 0 Å². The molecular formula is C14H18BrNO3. The molecule has 0 bridgehead atoms. The van der Waals surface area contributed by atoms with Gasteiger partial charge in [-0.3, -0.25) is 4.90 Å². The lowest BCUT2D eigenvalue weighted by Gasteiger charge is -2.31. The van der Waals surface area contributed by atoms with E-state index in [1.54, 1.807) is 0 Å². The summed E-state index contributed by atoms with van der Waals surface area (Å²) in [7, 11) is 0. The highest BCUT2D eigenvalue weighted by Gasteiger charge is 2.20. The Bertz CT molecular complexity index is 413. The van der Waals surface area contributed by atoms with Crippen LogP contribution in [0.5, 0.6) is 0 Å². The maximum atomic E-state index is 10.4. The second kappa shape index (κ2) is 7.03. The fourth-order valence-electron chi connectivity index (χ4n) is 2.27. The van der Waals surface area contributed by atoms with Crippen LogP contribution in [0.15, 0.2) is 28.7 Å². The molecule has 0 aromatic heterocycles. The quantitative estimate of drug-likeness (QED) is 0.902. The standard InChI is InChI=1S/C14H18BrNO3/c15-12-3-1-11(2-4-12)9-16-7-5-13(6-8-16)19-10-14(17)18/h1-4,13H,5-10H2,(H,17,18). The van der Waals surface area contributed by atoms with Crippen molar-refractivity contribution in [1.82, 2.24) is 4.90 Å². The topological polar surface area (TPSA) is 49.8 Å². The summed E-state index contributed by atoms with van der Waals surface area (Å²) in [5.74, 6) is -0.891. The minimum atomic E-state index is -0.891. The Morgan fingerprint density at radius 2 is 1.95 bits per heavy atom. The maximum Gasteiger partial charge on any atom is 0.329 e. The van der Waals surface area contributed by atoms with Crippen LogP contribution in [0.4, 0.5) is 0 Å². The number of nitrogens with zero attached hydrogens (tertiary/aromatic N) is 1. The second-order valence-electron chi connectivity index (χ2n) is 4.81. The number of benzene rings is 1. The molecule has 1 N–H and O–H groups in total. The molecule has 19 heavy (non-hydrogen) atoms. The van der Waals surface area contributed by atoms with Crippen molar-refractivity contribution in [3.8, 4) is 0 Å². The van der Waals surface area contributed by atoms with E-state index >= 15 is 0 Å². The summed E-state index contributed by atoms with van der Waals surface area (Å²) in [6.07, 6.45) is 1.91. The number of piperidine rings is 1. The molecule has 0 radical (unpaired) electrons. The first kappa shape index (κ1) is 14.5. The van der Waals surface area contributed by atoms with Gasteiger partial charge in [0.15, 0.2) is 0 Å². The first-order valence-corrected chi connectivity index (χ1v) is 7.23. The van der Waals surface area contributed by atoms with Gasteiger partial charge in [0.2, 0.25) is 0 Å². The first-order valence-electron chi connectivity index (χ1n) is 6.43. The average Bonchev–Trinajstić information content (AvgIpc) is 2.40. The van der Waals surface area contributed by atoms with Gasteiger partial charge in [-0.2, -0.15) is 0 Å². The summed E-state index contributed by atoms with van der Waals surface area (Å²) in [5, 5.41) is 8.57. The number of hydrogen-bond donors (Lipinski definition) is 1. The number of rotatable bonds is 5. The van der Waals surface area contributed by atoms with Crippen LogP contribution in [0.3, 0.4) is 0 Å². The maximum absolute atomic E-state index is 10.4. The van der Waals surface area contributed by atoms with Gasteiger partial charge >= 0.3 is 5.97 Å². The fourth-order valence-corrected chi connectivity index (χ4v) is 2.54. The third-order valence-electron chi connectivity index (χ3n) is 3.30. The zero-order valence-corrected chi connectivity index (χ0v) is 12.3. The lowest BCUT2D eigenvalue weighted by atomic mass is 10.1. The van der Waals surface area contributed by atoms with Crippen molar-refractivity contribution in [3.05, 3.63) is 34.3 Å². The van der Waals surface area contributed by atoms with Crippen LogP contribution in [0, 0.1) is 0 Å². The molecular weight excluding hydrogens is 310 g/mol. The van der Waals surface area contributed by atoms with Crippen LogP contribution in [-0.2, 0) is 16.1 Å². The molecule has 0 atom stereocenters. The van der Waals surface area contributed by atoms with Gasteiger partial charge in [-0.1, -0.05) is 28.1 Å². The van der Waals surface area contributed by atoms with Crippen molar-refractivity contribution in [1.29, 1.82) is 0 Å².